The van der Waals surface area contributed by atoms with E-state index in [-0.39, 0.29) is 23.1 Å². The number of hydrogen-bond acceptors (Lipinski definition) is 9. The molecule has 0 saturated carbocycles. The number of esters is 2. The Bertz CT molecular complexity index is 933. The molecule has 2 rings (SSSR count). The monoisotopic (exact) mass is 475 g/mol. The van der Waals surface area contributed by atoms with Crippen LogP contribution in [0.2, 0.25) is 0 Å². The Labute approximate surface area is 171 Å². The summed E-state index contributed by atoms with van der Waals surface area (Å²) in [4.78, 5) is 48.4. The van der Waals surface area contributed by atoms with E-state index in [1.165, 1.54) is 0 Å². The predicted molar refractivity (Wildman–Crippen MR) is 98.4 cm³/mol. The number of aliphatic hydroxyl groups excluding tert-OH is 1. The molecule has 1 aliphatic rings. The molecule has 0 spiro atoms. The molecular weight excluding hydrogens is 461 g/mol. The van der Waals surface area contributed by atoms with E-state index in [1.54, 1.807) is 0 Å². The van der Waals surface area contributed by atoms with E-state index >= 15 is 0 Å². The number of benzene rings is 1. The molecule has 11 nitrogen and oxygen atoms in total. The Balaban J connectivity index is 2.71. The zero-order chi connectivity index (χ0) is 21.9. The lowest BCUT2D eigenvalue weighted by atomic mass is 10.1. The number of nitrogens with one attached hydrogen (secondary N) is 1. The van der Waals surface area contributed by atoms with Crippen molar-refractivity contribution in [3.8, 4) is 0 Å². The fourth-order valence-electron chi connectivity index (χ4n) is 2.65. The maximum atomic E-state index is 14.6. The average molecular weight is 476 g/mol. The van der Waals surface area contributed by atoms with Crippen LogP contribution in [-0.2, 0) is 19.1 Å². The average Bonchev–Trinajstić information content (AvgIpc) is 2.99. The number of β-amino-alcohol motifs (C(OH)–C–C–N with tert-alkyl or cyclic N) is 1. The number of halogens is 2. The van der Waals surface area contributed by atoms with Gasteiger partial charge in [0.25, 0.3) is 11.6 Å². The summed E-state index contributed by atoms with van der Waals surface area (Å²) >= 11 is 2.79. The molecular formula is C16H15BrFN3O8. The Morgan fingerprint density at radius 3 is 2.52 bits per heavy atom. The number of amides is 1. The van der Waals surface area contributed by atoms with Gasteiger partial charge in [-0.1, -0.05) is 0 Å². The molecule has 29 heavy (non-hydrogen) atoms. The molecule has 0 fully saturated rings. The third-order valence-corrected chi connectivity index (χ3v) is 4.57. The lowest BCUT2D eigenvalue weighted by molar-refractivity contribution is -0.384. The van der Waals surface area contributed by atoms with Crippen LogP contribution in [0.5, 0.6) is 0 Å². The van der Waals surface area contributed by atoms with Crippen LogP contribution in [-0.4, -0.2) is 66.7 Å². The largest absolute Gasteiger partial charge is 0.466 e. The van der Waals surface area contributed by atoms with Gasteiger partial charge in [0, 0.05) is 12.6 Å². The molecule has 1 heterocycles. The van der Waals surface area contributed by atoms with Gasteiger partial charge in [-0.15, -0.1) is 0 Å². The minimum absolute atomic E-state index is 0.134. The van der Waals surface area contributed by atoms with Gasteiger partial charge < -0.3 is 24.8 Å². The number of methoxy groups -OCH3 is 2. The van der Waals surface area contributed by atoms with Gasteiger partial charge in [-0.2, -0.15) is 0 Å². The van der Waals surface area contributed by atoms with Crippen molar-refractivity contribution in [2.75, 3.05) is 39.2 Å². The molecule has 0 aliphatic carbocycles. The number of carbonyl (C=O) groups excluding carboxylic acids is 3. The first-order chi connectivity index (χ1) is 13.7. The molecule has 13 heteroatoms. The normalized spacial score (nSPS) is 13.6. The van der Waals surface area contributed by atoms with Crippen molar-refractivity contribution in [1.29, 1.82) is 0 Å². The number of nitrogens with zero attached hydrogens (tertiary/aromatic N) is 2. The van der Waals surface area contributed by atoms with E-state index in [0.29, 0.717) is 0 Å². The Morgan fingerprint density at radius 2 is 2.00 bits per heavy atom. The number of carbonyl (C=O) groups is 3. The highest BCUT2D eigenvalue weighted by Crippen LogP contribution is 2.37. The molecule has 0 saturated heterocycles. The Hall–Kier alpha value is -3.06. The lowest BCUT2D eigenvalue weighted by Crippen LogP contribution is -2.31. The van der Waals surface area contributed by atoms with E-state index in [4.69, 9.17) is 5.11 Å². The molecule has 0 atom stereocenters. The van der Waals surface area contributed by atoms with Crippen molar-refractivity contribution in [2.45, 2.75) is 0 Å². The summed E-state index contributed by atoms with van der Waals surface area (Å²) < 4.78 is 23.3. The summed E-state index contributed by atoms with van der Waals surface area (Å²) in [6.07, 6.45) is 0. The maximum Gasteiger partial charge on any atom is 0.343 e. The topological polar surface area (TPSA) is 148 Å². The third-order valence-electron chi connectivity index (χ3n) is 3.99. The van der Waals surface area contributed by atoms with Gasteiger partial charge >= 0.3 is 11.9 Å². The number of nitro benzene ring substituents is 1. The number of anilines is 1. The molecule has 0 aromatic heterocycles. The SMILES string of the molecule is COC(=O)C1=C(Nc2c([N+](=O)[O-])cc(Br)c(F)c2C(=O)OC)C(=O)N(CCO)C1. The van der Waals surface area contributed by atoms with Gasteiger partial charge in [-0.05, 0) is 15.9 Å². The third kappa shape index (κ3) is 4.19. The summed E-state index contributed by atoms with van der Waals surface area (Å²) in [5, 5.41) is 22.9. The van der Waals surface area contributed by atoms with Crippen LogP contribution in [0.25, 0.3) is 0 Å². The number of aliphatic hydroxyl groups is 1. The Morgan fingerprint density at radius 1 is 1.38 bits per heavy atom. The van der Waals surface area contributed by atoms with Crippen LogP contribution in [0.1, 0.15) is 10.4 Å². The zero-order valence-electron chi connectivity index (χ0n) is 15.2. The van der Waals surface area contributed by atoms with Crippen molar-refractivity contribution < 1.29 is 38.3 Å². The van der Waals surface area contributed by atoms with Crippen LogP contribution in [0.4, 0.5) is 15.8 Å². The molecule has 1 aromatic carbocycles. The van der Waals surface area contributed by atoms with Crippen molar-refractivity contribution in [3.05, 3.63) is 43.3 Å². The second-order valence-corrected chi connectivity index (χ2v) is 6.46. The predicted octanol–water partition coefficient (Wildman–Crippen LogP) is 0.956. The highest BCUT2D eigenvalue weighted by molar-refractivity contribution is 9.10. The quantitative estimate of drug-likeness (QED) is 0.334. The molecule has 2 N–H and O–H groups in total. The summed E-state index contributed by atoms with van der Waals surface area (Å²) in [7, 11) is 2.01. The highest BCUT2D eigenvalue weighted by Gasteiger charge is 2.37. The molecule has 1 aliphatic heterocycles. The second kappa shape index (κ2) is 8.96. The first kappa shape index (κ1) is 22.2. The fraction of sp³-hybridized carbons (Fsp3) is 0.312. The summed E-state index contributed by atoms with van der Waals surface area (Å²) in [5.41, 5.74) is -2.90. The summed E-state index contributed by atoms with van der Waals surface area (Å²) in [5.74, 6) is -4.12. The van der Waals surface area contributed by atoms with Gasteiger partial charge in [-0.3, -0.25) is 14.9 Å². The van der Waals surface area contributed by atoms with E-state index in [2.05, 4.69) is 30.7 Å². The zero-order valence-corrected chi connectivity index (χ0v) is 16.7. The van der Waals surface area contributed by atoms with Crippen molar-refractivity contribution in [1.82, 2.24) is 4.90 Å². The first-order valence-electron chi connectivity index (χ1n) is 7.91. The minimum Gasteiger partial charge on any atom is -0.466 e. The van der Waals surface area contributed by atoms with Gasteiger partial charge in [0.05, 0.1) is 42.3 Å². The number of ether oxygens (including phenoxy) is 2. The van der Waals surface area contributed by atoms with Gasteiger partial charge in [0.15, 0.2) is 5.82 Å². The number of rotatable bonds is 7. The van der Waals surface area contributed by atoms with Gasteiger partial charge in [0.2, 0.25) is 0 Å². The van der Waals surface area contributed by atoms with Crippen LogP contribution in [0.15, 0.2) is 21.8 Å². The van der Waals surface area contributed by atoms with E-state index < -0.39 is 57.8 Å². The van der Waals surface area contributed by atoms with E-state index in [1.807, 2.05) is 0 Å². The second-order valence-electron chi connectivity index (χ2n) is 5.61. The van der Waals surface area contributed by atoms with Crippen LogP contribution < -0.4 is 5.32 Å². The maximum absolute atomic E-state index is 14.6. The van der Waals surface area contributed by atoms with Crippen molar-refractivity contribution >= 4 is 45.2 Å². The van der Waals surface area contributed by atoms with Gasteiger partial charge in [0.1, 0.15) is 16.9 Å². The molecule has 1 aromatic rings. The van der Waals surface area contributed by atoms with Crippen LogP contribution in [0.3, 0.4) is 0 Å². The van der Waals surface area contributed by atoms with E-state index in [9.17, 15) is 28.9 Å². The van der Waals surface area contributed by atoms with Crippen LogP contribution >= 0.6 is 15.9 Å². The van der Waals surface area contributed by atoms with Crippen molar-refractivity contribution in [2.24, 2.45) is 0 Å². The summed E-state index contributed by atoms with van der Waals surface area (Å²) in [6, 6.07) is 0.799. The highest BCUT2D eigenvalue weighted by atomic mass is 79.9. The Kier molecular flexibility index (Phi) is 6.87. The number of hydrogen-bond donors (Lipinski definition) is 2. The van der Waals surface area contributed by atoms with Crippen LogP contribution in [0, 0.1) is 15.9 Å². The minimum atomic E-state index is -1.24. The molecule has 0 bridgehead atoms. The fourth-order valence-corrected chi connectivity index (χ4v) is 3.07. The van der Waals surface area contributed by atoms with E-state index in [0.717, 1.165) is 25.2 Å². The number of nitro groups is 1. The van der Waals surface area contributed by atoms with Gasteiger partial charge in [-0.25, -0.2) is 14.0 Å². The molecule has 0 unspecified atom stereocenters. The molecule has 1 amide bonds. The standard InChI is InChI=1S/C16H15BrFN3O8/c1-28-15(24)7-6-20(3-4-22)14(23)12(7)19-13-9(21(26)27)5-8(17)11(18)10(13)16(25)29-2/h5,19,22H,3-4,6H2,1-2H3. The summed E-state index contributed by atoms with van der Waals surface area (Å²) in [6.45, 7) is -0.798. The lowest BCUT2D eigenvalue weighted by Gasteiger charge is -2.16. The molecule has 0 radical (unpaired) electrons. The molecule has 156 valence electrons. The van der Waals surface area contributed by atoms with Crippen molar-refractivity contribution in [3.63, 3.8) is 0 Å². The smallest absolute Gasteiger partial charge is 0.343 e. The first-order valence-corrected chi connectivity index (χ1v) is 8.70.